The number of rotatable bonds is 13. The highest BCUT2D eigenvalue weighted by Gasteiger charge is 2.23. The summed E-state index contributed by atoms with van der Waals surface area (Å²) in [5.41, 5.74) is 5.29. The normalized spacial score (nSPS) is 11.3. The number of benzene rings is 3. The monoisotopic (exact) mass is 693 g/mol. The smallest absolute Gasteiger partial charge is 0.410 e. The predicted molar refractivity (Wildman–Crippen MR) is 198 cm³/mol. The topological polar surface area (TPSA) is 146 Å². The molecule has 3 N–H and O–H groups in total. The third-order valence-corrected chi connectivity index (χ3v) is 8.22. The second-order valence-electron chi connectivity index (χ2n) is 13.3. The number of amides is 3. The van der Waals surface area contributed by atoms with Crippen molar-refractivity contribution < 1.29 is 23.9 Å². The summed E-state index contributed by atoms with van der Waals surface area (Å²) >= 11 is 0. The molecule has 3 aromatic carbocycles. The number of aromatic nitrogens is 4. The van der Waals surface area contributed by atoms with Crippen molar-refractivity contribution in [3.05, 3.63) is 84.7 Å². The van der Waals surface area contributed by atoms with E-state index >= 15 is 0 Å². The fourth-order valence-corrected chi connectivity index (χ4v) is 5.87. The quantitative estimate of drug-likeness (QED) is 0.116. The van der Waals surface area contributed by atoms with E-state index < -0.39 is 11.7 Å². The zero-order valence-corrected chi connectivity index (χ0v) is 30.2. The molecule has 51 heavy (non-hydrogen) atoms. The number of methoxy groups -OCH3 is 1. The maximum atomic E-state index is 12.8. The average molecular weight is 694 g/mol. The number of hydrogen-bond donors (Lipinski definition) is 3. The number of fused-ring (bicyclic) bond motifs is 1. The Bertz CT molecular complexity index is 1960. The Morgan fingerprint density at radius 2 is 1.29 bits per heavy atom. The van der Waals surface area contributed by atoms with E-state index in [0.717, 1.165) is 57.3 Å². The van der Waals surface area contributed by atoms with Crippen LogP contribution in [0.3, 0.4) is 0 Å². The van der Waals surface area contributed by atoms with Crippen LogP contribution in [0.4, 0.5) is 9.59 Å². The van der Waals surface area contributed by atoms with Crippen LogP contribution in [0.15, 0.2) is 73.1 Å². The lowest BCUT2D eigenvalue weighted by atomic mass is 9.93. The Morgan fingerprint density at radius 3 is 1.92 bits per heavy atom. The first-order valence-electron chi connectivity index (χ1n) is 17.3. The highest BCUT2D eigenvalue weighted by molar-refractivity contribution is 6.04. The lowest BCUT2D eigenvalue weighted by molar-refractivity contribution is -0.130. The molecule has 0 aliphatic rings. The lowest BCUT2D eigenvalue weighted by Crippen LogP contribution is -2.40. The number of carbonyl (C=O) groups is 3. The summed E-state index contributed by atoms with van der Waals surface area (Å²) in [6.45, 7) is 11.2. The number of nitrogens with one attached hydrogen (secondary N) is 3. The van der Waals surface area contributed by atoms with Crippen LogP contribution in [0.5, 0.6) is 0 Å². The Balaban J connectivity index is 1.32. The predicted octanol–water partition coefficient (Wildman–Crippen LogP) is 7.53. The van der Waals surface area contributed by atoms with Crippen LogP contribution >= 0.6 is 0 Å². The maximum absolute atomic E-state index is 12.8. The molecule has 12 nitrogen and oxygen atoms in total. The number of alkyl carbamates (subject to hydrolysis) is 1. The minimum absolute atomic E-state index is 0.145. The van der Waals surface area contributed by atoms with Gasteiger partial charge in [-0.05, 0) is 61.1 Å². The molecule has 2 heterocycles. The van der Waals surface area contributed by atoms with Crippen LogP contribution in [0.2, 0.25) is 0 Å². The minimum atomic E-state index is -0.647. The SMILES string of the molecule is CCCN(Cc1ncc(-c2ccc(-c3ccc(-c4cnc(CN(CCC)C(=O)OC(C)(C)C)[nH]4)c4ccccc34)cc2)[nH]1)C(=O)CNC(=O)OC. The number of ether oxygens (including phenoxy) is 2. The molecule has 0 radical (unpaired) electrons. The summed E-state index contributed by atoms with van der Waals surface area (Å²) < 4.78 is 10.2. The van der Waals surface area contributed by atoms with Gasteiger partial charge in [-0.1, -0.05) is 74.5 Å². The average Bonchev–Trinajstić information content (AvgIpc) is 3.79. The van der Waals surface area contributed by atoms with Crippen molar-refractivity contribution in [1.82, 2.24) is 35.1 Å². The Labute approximate surface area is 298 Å². The van der Waals surface area contributed by atoms with Crippen molar-refractivity contribution in [2.45, 2.75) is 66.2 Å². The molecule has 0 atom stereocenters. The van der Waals surface area contributed by atoms with Gasteiger partial charge in [0.15, 0.2) is 0 Å². The van der Waals surface area contributed by atoms with E-state index in [1.807, 2.05) is 52.9 Å². The fourth-order valence-electron chi connectivity index (χ4n) is 5.87. The summed E-state index contributed by atoms with van der Waals surface area (Å²) in [5.74, 6) is 1.13. The standard InChI is InChI=1S/C39H47N7O5/c1-7-19-45(36(47)23-42-37(48)50-6)24-34-40-21-32(43-34)27-15-13-26(14-16-27)28-17-18-31(30-12-10-9-11-29(28)30)33-22-41-35(44-33)25-46(20-8-2)38(49)51-39(3,4)5/h9-18,21-22H,7-8,19-20,23-25H2,1-6H3,(H,40,43)(H,41,44)(H,42,48). The van der Waals surface area contributed by atoms with Crippen LogP contribution in [0, 0.1) is 0 Å². The molecule has 12 heteroatoms. The third kappa shape index (κ3) is 9.33. The van der Waals surface area contributed by atoms with E-state index in [0.29, 0.717) is 37.8 Å². The molecule has 0 bridgehead atoms. The van der Waals surface area contributed by atoms with Gasteiger partial charge < -0.3 is 34.6 Å². The Kier molecular flexibility index (Phi) is 11.8. The number of aromatic amines is 2. The number of imidazole rings is 2. The first-order valence-corrected chi connectivity index (χ1v) is 17.3. The molecule has 0 saturated carbocycles. The van der Waals surface area contributed by atoms with E-state index in [4.69, 9.17) is 4.74 Å². The highest BCUT2D eigenvalue weighted by atomic mass is 16.6. The van der Waals surface area contributed by atoms with Crippen LogP contribution in [-0.2, 0) is 27.4 Å². The molecular formula is C39H47N7O5. The van der Waals surface area contributed by atoms with Gasteiger partial charge in [0, 0.05) is 18.7 Å². The van der Waals surface area contributed by atoms with Crippen LogP contribution in [-0.4, -0.2) is 80.2 Å². The lowest BCUT2D eigenvalue weighted by Gasteiger charge is -2.26. The Hall–Kier alpha value is -5.65. The minimum Gasteiger partial charge on any atom is -0.453 e. The van der Waals surface area contributed by atoms with Crippen molar-refractivity contribution in [2.75, 3.05) is 26.7 Å². The van der Waals surface area contributed by atoms with Gasteiger partial charge in [0.1, 0.15) is 23.8 Å². The van der Waals surface area contributed by atoms with Gasteiger partial charge in [-0.25, -0.2) is 19.6 Å². The van der Waals surface area contributed by atoms with Crippen molar-refractivity contribution >= 4 is 28.9 Å². The summed E-state index contributed by atoms with van der Waals surface area (Å²) in [5, 5.41) is 4.63. The second kappa shape index (κ2) is 16.4. The highest BCUT2D eigenvalue weighted by Crippen LogP contribution is 2.36. The summed E-state index contributed by atoms with van der Waals surface area (Å²) in [7, 11) is 1.26. The second-order valence-corrected chi connectivity index (χ2v) is 13.3. The van der Waals surface area contributed by atoms with Gasteiger partial charge in [0.2, 0.25) is 5.91 Å². The van der Waals surface area contributed by atoms with E-state index in [1.165, 1.54) is 7.11 Å². The largest absolute Gasteiger partial charge is 0.453 e. The van der Waals surface area contributed by atoms with Gasteiger partial charge in [0.05, 0.1) is 44.0 Å². The number of nitrogens with zero attached hydrogens (tertiary/aromatic N) is 4. The van der Waals surface area contributed by atoms with Crippen molar-refractivity contribution in [2.24, 2.45) is 0 Å². The van der Waals surface area contributed by atoms with Crippen LogP contribution in [0.1, 0.15) is 59.1 Å². The molecule has 0 unspecified atom stereocenters. The van der Waals surface area contributed by atoms with Crippen molar-refractivity contribution in [1.29, 1.82) is 0 Å². The van der Waals surface area contributed by atoms with E-state index in [1.54, 1.807) is 16.0 Å². The van der Waals surface area contributed by atoms with Gasteiger partial charge >= 0.3 is 12.2 Å². The summed E-state index contributed by atoms with van der Waals surface area (Å²) in [6, 6.07) is 20.8. The van der Waals surface area contributed by atoms with Gasteiger partial charge in [0.25, 0.3) is 0 Å². The van der Waals surface area contributed by atoms with E-state index in [9.17, 15) is 14.4 Å². The molecule has 5 aromatic rings. The molecule has 0 aliphatic carbocycles. The zero-order chi connectivity index (χ0) is 36.5. The number of H-pyrrole nitrogens is 2. The summed E-state index contributed by atoms with van der Waals surface area (Å²) in [4.78, 5) is 56.2. The van der Waals surface area contributed by atoms with Crippen LogP contribution in [0.25, 0.3) is 44.4 Å². The van der Waals surface area contributed by atoms with E-state index in [2.05, 4.69) is 78.5 Å². The molecule has 0 spiro atoms. The molecule has 0 saturated heterocycles. The number of carbonyl (C=O) groups excluding carboxylic acids is 3. The molecule has 5 rings (SSSR count). The molecule has 2 aromatic heterocycles. The van der Waals surface area contributed by atoms with Crippen molar-refractivity contribution in [3.8, 4) is 33.6 Å². The van der Waals surface area contributed by atoms with Gasteiger partial charge in [-0.15, -0.1) is 0 Å². The Morgan fingerprint density at radius 1 is 0.745 bits per heavy atom. The maximum Gasteiger partial charge on any atom is 0.410 e. The zero-order valence-electron chi connectivity index (χ0n) is 30.2. The molecule has 0 fully saturated rings. The molecule has 0 aliphatic heterocycles. The molecular weight excluding hydrogens is 646 g/mol. The van der Waals surface area contributed by atoms with Gasteiger partial charge in [-0.2, -0.15) is 0 Å². The summed E-state index contributed by atoms with van der Waals surface area (Å²) in [6.07, 6.45) is 4.16. The van der Waals surface area contributed by atoms with Crippen molar-refractivity contribution in [3.63, 3.8) is 0 Å². The van der Waals surface area contributed by atoms with Crippen LogP contribution < -0.4 is 5.32 Å². The molecule has 3 amide bonds. The third-order valence-electron chi connectivity index (χ3n) is 8.22. The first kappa shape index (κ1) is 36.6. The van der Waals surface area contributed by atoms with Gasteiger partial charge in [-0.3, -0.25) is 4.79 Å². The molecule has 268 valence electrons. The number of hydrogen-bond acceptors (Lipinski definition) is 7. The van der Waals surface area contributed by atoms with E-state index in [-0.39, 0.29) is 18.5 Å². The first-order chi connectivity index (χ1) is 24.5. The fraction of sp³-hybridized carbons (Fsp3) is 0.359.